The van der Waals surface area contributed by atoms with Gasteiger partial charge >= 0.3 is 0 Å². The molecule has 0 radical (unpaired) electrons. The number of hydrogen-bond donors (Lipinski definition) is 2. The number of thiocarbonyl (C=S) groups is 1. The molecule has 1 heterocycles. The third-order valence-corrected chi connectivity index (χ3v) is 5.39. The highest BCUT2D eigenvalue weighted by atomic mass is 79.9. The minimum absolute atomic E-state index is 0.265. The van der Waals surface area contributed by atoms with Crippen LogP contribution in [0.3, 0.4) is 0 Å². The number of anilines is 2. The predicted molar refractivity (Wildman–Crippen MR) is 122 cm³/mol. The summed E-state index contributed by atoms with van der Waals surface area (Å²) in [6, 6.07) is 13.3. The number of piperidine rings is 1. The summed E-state index contributed by atoms with van der Waals surface area (Å²) < 4.78 is 6.20. The summed E-state index contributed by atoms with van der Waals surface area (Å²) in [6.07, 6.45) is 3.81. The van der Waals surface area contributed by atoms with Gasteiger partial charge in [0.25, 0.3) is 5.91 Å². The van der Waals surface area contributed by atoms with Gasteiger partial charge in [-0.2, -0.15) is 0 Å². The third-order valence-electron chi connectivity index (χ3n) is 4.57. The molecule has 0 unspecified atom stereocenters. The first kappa shape index (κ1) is 20.6. The summed E-state index contributed by atoms with van der Waals surface area (Å²) in [6.45, 7) is 4.70. The van der Waals surface area contributed by atoms with E-state index in [0.29, 0.717) is 17.9 Å². The van der Waals surface area contributed by atoms with E-state index in [1.54, 1.807) is 18.2 Å². The van der Waals surface area contributed by atoms with E-state index in [0.717, 1.165) is 23.2 Å². The fraction of sp³-hybridized carbons (Fsp3) is 0.333. The number of hydrogen-bond acceptors (Lipinski definition) is 4. The molecular formula is C21H24BrN3O2S. The largest absolute Gasteiger partial charge is 0.493 e. The number of ether oxygens (including phenoxy) is 1. The maximum atomic E-state index is 12.4. The van der Waals surface area contributed by atoms with Gasteiger partial charge in [0.1, 0.15) is 5.75 Å². The number of nitrogens with zero attached hydrogens (tertiary/aromatic N) is 1. The van der Waals surface area contributed by atoms with Crippen LogP contribution in [-0.2, 0) is 0 Å². The van der Waals surface area contributed by atoms with Crippen LogP contribution in [0.1, 0.15) is 36.5 Å². The van der Waals surface area contributed by atoms with Gasteiger partial charge < -0.3 is 15.0 Å². The summed E-state index contributed by atoms with van der Waals surface area (Å²) in [5, 5.41) is 6.04. The minimum Gasteiger partial charge on any atom is -0.493 e. The molecule has 0 aliphatic carbocycles. The molecule has 1 fully saturated rings. The molecule has 5 nitrogen and oxygen atoms in total. The van der Waals surface area contributed by atoms with Crippen molar-refractivity contribution in [2.24, 2.45) is 0 Å². The predicted octanol–water partition coefficient (Wildman–Crippen LogP) is 4.96. The molecule has 148 valence electrons. The summed E-state index contributed by atoms with van der Waals surface area (Å²) in [5.41, 5.74) is 2.57. The molecular weight excluding hydrogens is 438 g/mol. The van der Waals surface area contributed by atoms with Crippen LogP contribution in [0, 0.1) is 0 Å². The van der Waals surface area contributed by atoms with E-state index in [-0.39, 0.29) is 11.0 Å². The molecule has 0 bridgehead atoms. The fourth-order valence-corrected chi connectivity index (χ4v) is 3.86. The van der Waals surface area contributed by atoms with Crippen molar-refractivity contribution < 1.29 is 9.53 Å². The van der Waals surface area contributed by atoms with Crippen molar-refractivity contribution in [3.05, 3.63) is 52.5 Å². The van der Waals surface area contributed by atoms with Crippen molar-refractivity contribution in [1.82, 2.24) is 5.32 Å². The van der Waals surface area contributed by atoms with Crippen molar-refractivity contribution in [2.45, 2.75) is 26.2 Å². The first-order valence-corrected chi connectivity index (χ1v) is 10.7. The lowest BCUT2D eigenvalue weighted by atomic mass is 10.1. The normalized spacial score (nSPS) is 13.7. The zero-order valence-corrected chi connectivity index (χ0v) is 18.2. The molecule has 1 amide bonds. The lowest BCUT2D eigenvalue weighted by Gasteiger charge is -2.28. The van der Waals surface area contributed by atoms with Crippen LogP contribution in [0.5, 0.6) is 5.75 Å². The number of carbonyl (C=O) groups is 1. The van der Waals surface area contributed by atoms with Crippen molar-refractivity contribution >= 4 is 50.5 Å². The van der Waals surface area contributed by atoms with Crippen molar-refractivity contribution in [3.8, 4) is 5.75 Å². The maximum Gasteiger partial charge on any atom is 0.257 e. The van der Waals surface area contributed by atoms with Gasteiger partial charge in [0.2, 0.25) is 0 Å². The average molecular weight is 462 g/mol. The number of benzene rings is 2. The smallest absolute Gasteiger partial charge is 0.257 e. The quantitative estimate of drug-likeness (QED) is 0.615. The molecule has 28 heavy (non-hydrogen) atoms. The Morgan fingerprint density at radius 3 is 2.50 bits per heavy atom. The number of halogens is 1. The van der Waals surface area contributed by atoms with Crippen LogP contribution >= 0.6 is 28.1 Å². The second kappa shape index (κ2) is 9.89. The Bertz CT molecular complexity index is 836. The van der Waals surface area contributed by atoms with Gasteiger partial charge in [0.05, 0.1) is 11.1 Å². The molecule has 0 spiro atoms. The van der Waals surface area contributed by atoms with Gasteiger partial charge in [-0.1, -0.05) is 0 Å². The first-order chi connectivity index (χ1) is 13.6. The SMILES string of the molecule is CCOc1ccc(C(=O)NC(=S)Nc2ccc(N3CCCCC3)cc2)cc1Br. The molecule has 1 aliphatic rings. The molecule has 2 aromatic rings. The summed E-state index contributed by atoms with van der Waals surface area (Å²) in [5.74, 6) is 0.430. The van der Waals surface area contributed by atoms with Crippen LogP contribution in [0.15, 0.2) is 46.9 Å². The Labute approximate surface area is 179 Å². The Kier molecular flexibility index (Phi) is 7.28. The zero-order valence-electron chi connectivity index (χ0n) is 15.8. The van der Waals surface area contributed by atoms with Crippen LogP contribution in [-0.4, -0.2) is 30.7 Å². The van der Waals surface area contributed by atoms with E-state index in [2.05, 4.69) is 43.6 Å². The number of rotatable bonds is 5. The van der Waals surface area contributed by atoms with Crippen molar-refractivity contribution in [3.63, 3.8) is 0 Å². The highest BCUT2D eigenvalue weighted by Crippen LogP contribution is 2.26. The van der Waals surface area contributed by atoms with Gasteiger partial charge in [0.15, 0.2) is 5.11 Å². The monoisotopic (exact) mass is 461 g/mol. The molecule has 0 saturated carbocycles. The van der Waals surface area contributed by atoms with Gasteiger partial charge in [0, 0.05) is 30.0 Å². The highest BCUT2D eigenvalue weighted by Gasteiger charge is 2.12. The number of nitrogens with one attached hydrogen (secondary N) is 2. The second-order valence-electron chi connectivity index (χ2n) is 6.58. The van der Waals surface area contributed by atoms with E-state index < -0.39 is 0 Å². The second-order valence-corrected chi connectivity index (χ2v) is 7.84. The topological polar surface area (TPSA) is 53.6 Å². The molecule has 7 heteroatoms. The van der Waals surface area contributed by atoms with E-state index in [4.69, 9.17) is 17.0 Å². The van der Waals surface area contributed by atoms with Gasteiger partial charge in [-0.05, 0) is 96.8 Å². The molecule has 2 aromatic carbocycles. The highest BCUT2D eigenvalue weighted by molar-refractivity contribution is 9.10. The third kappa shape index (κ3) is 5.45. The molecule has 0 aromatic heterocycles. The van der Waals surface area contributed by atoms with E-state index in [9.17, 15) is 4.79 Å². The summed E-state index contributed by atoms with van der Waals surface area (Å²) >= 11 is 8.70. The Morgan fingerprint density at radius 2 is 1.86 bits per heavy atom. The van der Waals surface area contributed by atoms with Gasteiger partial charge in [-0.15, -0.1) is 0 Å². The molecule has 2 N–H and O–H groups in total. The molecule has 1 aliphatic heterocycles. The maximum absolute atomic E-state index is 12.4. The summed E-state index contributed by atoms with van der Waals surface area (Å²) in [7, 11) is 0. The van der Waals surface area contributed by atoms with Gasteiger partial charge in [-0.3, -0.25) is 10.1 Å². The lowest BCUT2D eigenvalue weighted by Crippen LogP contribution is -2.34. The van der Waals surface area contributed by atoms with E-state index in [1.165, 1.54) is 24.9 Å². The Balaban J connectivity index is 1.56. The summed E-state index contributed by atoms with van der Waals surface area (Å²) in [4.78, 5) is 14.8. The standard InChI is InChI=1S/C21H24BrN3O2S/c1-2-27-19-11-6-15(14-18(19)22)20(26)24-21(28)23-16-7-9-17(10-8-16)25-12-4-3-5-13-25/h6-11,14H,2-5,12-13H2,1H3,(H2,23,24,26,28). The van der Waals surface area contributed by atoms with Crippen molar-refractivity contribution in [1.29, 1.82) is 0 Å². The average Bonchev–Trinajstić information content (AvgIpc) is 2.71. The Hall–Kier alpha value is -2.12. The lowest BCUT2D eigenvalue weighted by molar-refractivity contribution is 0.0977. The van der Waals surface area contributed by atoms with Crippen LogP contribution < -0.4 is 20.3 Å². The van der Waals surface area contributed by atoms with Crippen LogP contribution in [0.2, 0.25) is 0 Å². The van der Waals surface area contributed by atoms with Crippen LogP contribution in [0.25, 0.3) is 0 Å². The van der Waals surface area contributed by atoms with Crippen LogP contribution in [0.4, 0.5) is 11.4 Å². The van der Waals surface area contributed by atoms with Gasteiger partial charge in [-0.25, -0.2) is 0 Å². The molecule has 0 atom stereocenters. The zero-order chi connectivity index (χ0) is 19.9. The van der Waals surface area contributed by atoms with E-state index in [1.807, 2.05) is 19.1 Å². The molecule has 1 saturated heterocycles. The first-order valence-electron chi connectivity index (χ1n) is 9.46. The fourth-order valence-electron chi connectivity index (χ4n) is 3.16. The Morgan fingerprint density at radius 1 is 1.14 bits per heavy atom. The number of amides is 1. The minimum atomic E-state index is -0.272. The number of carbonyl (C=O) groups excluding carboxylic acids is 1. The van der Waals surface area contributed by atoms with E-state index >= 15 is 0 Å². The molecule has 3 rings (SSSR count). The van der Waals surface area contributed by atoms with Crippen molar-refractivity contribution in [2.75, 3.05) is 29.9 Å².